The van der Waals surface area contributed by atoms with Crippen LogP contribution in [0.4, 0.5) is 4.39 Å². The van der Waals surface area contributed by atoms with Gasteiger partial charge in [-0.25, -0.2) is 17.5 Å². The van der Waals surface area contributed by atoms with Crippen LogP contribution in [0.15, 0.2) is 47.4 Å². The van der Waals surface area contributed by atoms with E-state index in [4.69, 9.17) is 23.2 Å². The summed E-state index contributed by atoms with van der Waals surface area (Å²) < 4.78 is 39.2. The van der Waals surface area contributed by atoms with Gasteiger partial charge in [-0.15, -0.1) is 11.6 Å². The number of benzene rings is 2. The smallest absolute Gasteiger partial charge is 0.210 e. The molecule has 0 aliphatic heterocycles. The summed E-state index contributed by atoms with van der Waals surface area (Å²) in [5.41, 5.74) is 1.34. The Morgan fingerprint density at radius 3 is 2.33 bits per heavy atom. The normalized spacial score (nSPS) is 11.6. The first-order valence-corrected chi connectivity index (χ1v) is 8.45. The van der Waals surface area contributed by atoms with Crippen LogP contribution in [0, 0.1) is 5.82 Å². The quantitative estimate of drug-likeness (QED) is 0.839. The summed E-state index contributed by atoms with van der Waals surface area (Å²) in [6, 6.07) is 10.2. The lowest BCUT2D eigenvalue weighted by atomic mass is 10.1. The fourth-order valence-corrected chi connectivity index (χ4v) is 3.31. The van der Waals surface area contributed by atoms with E-state index in [-0.39, 0.29) is 22.3 Å². The molecule has 21 heavy (non-hydrogen) atoms. The molecule has 0 aliphatic rings. The second-order valence-electron chi connectivity index (χ2n) is 4.24. The minimum atomic E-state index is -3.57. The van der Waals surface area contributed by atoms with Gasteiger partial charge in [0.15, 0.2) is 0 Å². The fraction of sp³-hybridized carbons (Fsp3) is 0.143. The maximum atomic E-state index is 13.0. The van der Waals surface area contributed by atoms with Crippen molar-refractivity contribution in [3.63, 3.8) is 0 Å². The largest absolute Gasteiger partial charge is 0.240 e. The van der Waals surface area contributed by atoms with Crippen molar-refractivity contribution in [1.82, 2.24) is 4.72 Å². The Morgan fingerprint density at radius 2 is 1.76 bits per heavy atom. The summed E-state index contributed by atoms with van der Waals surface area (Å²) in [6.07, 6.45) is 0. The molecular weight excluding hydrogens is 336 g/mol. The first-order valence-electron chi connectivity index (χ1n) is 6.05. The van der Waals surface area contributed by atoms with Gasteiger partial charge in [-0.1, -0.05) is 23.7 Å². The maximum absolute atomic E-state index is 13.0. The Morgan fingerprint density at radius 1 is 1.10 bits per heavy atom. The Labute approximate surface area is 132 Å². The van der Waals surface area contributed by atoms with E-state index in [0.717, 1.165) is 0 Å². The highest BCUT2D eigenvalue weighted by molar-refractivity contribution is 7.89. The SMILES string of the molecule is O=S(=O)(NCCCl)c1ccc(-c2ccc(F)cc2Cl)cc1. The minimum absolute atomic E-state index is 0.134. The average molecular weight is 348 g/mol. The van der Waals surface area contributed by atoms with Crippen LogP contribution in [-0.4, -0.2) is 20.8 Å². The maximum Gasteiger partial charge on any atom is 0.240 e. The number of hydrogen-bond acceptors (Lipinski definition) is 2. The van der Waals surface area contributed by atoms with Gasteiger partial charge in [0.2, 0.25) is 10.0 Å². The minimum Gasteiger partial charge on any atom is -0.210 e. The van der Waals surface area contributed by atoms with Crippen LogP contribution in [0.5, 0.6) is 0 Å². The number of sulfonamides is 1. The number of rotatable bonds is 5. The highest BCUT2D eigenvalue weighted by Gasteiger charge is 2.13. The second-order valence-corrected chi connectivity index (χ2v) is 6.79. The fourth-order valence-electron chi connectivity index (χ4n) is 1.79. The van der Waals surface area contributed by atoms with E-state index in [1.807, 2.05) is 0 Å². The molecule has 1 N–H and O–H groups in total. The summed E-state index contributed by atoms with van der Waals surface area (Å²) in [5, 5.41) is 0.269. The van der Waals surface area contributed by atoms with Gasteiger partial charge < -0.3 is 0 Å². The van der Waals surface area contributed by atoms with E-state index >= 15 is 0 Å². The lowest BCUT2D eigenvalue weighted by Gasteiger charge is -2.08. The van der Waals surface area contributed by atoms with Crippen LogP contribution in [-0.2, 0) is 10.0 Å². The molecule has 0 aliphatic carbocycles. The molecule has 2 aromatic rings. The van der Waals surface area contributed by atoms with Gasteiger partial charge in [0.25, 0.3) is 0 Å². The molecule has 112 valence electrons. The molecule has 0 fully saturated rings. The zero-order valence-corrected chi connectivity index (χ0v) is 13.1. The standard InChI is InChI=1S/C14H12Cl2FNO2S/c15-7-8-18-21(19,20)12-4-1-10(2-5-12)13-6-3-11(17)9-14(13)16/h1-6,9,18H,7-8H2. The summed E-state index contributed by atoms with van der Waals surface area (Å²) in [5.74, 6) is -0.226. The van der Waals surface area contributed by atoms with E-state index in [9.17, 15) is 12.8 Å². The van der Waals surface area contributed by atoms with Gasteiger partial charge in [0.05, 0.1) is 9.92 Å². The second kappa shape index (κ2) is 6.75. The van der Waals surface area contributed by atoms with Crippen molar-refractivity contribution in [3.05, 3.63) is 53.3 Å². The zero-order chi connectivity index (χ0) is 15.5. The Hall–Kier alpha value is -1.14. The molecule has 2 rings (SSSR count). The molecule has 0 aromatic heterocycles. The van der Waals surface area contributed by atoms with E-state index in [2.05, 4.69) is 4.72 Å². The molecule has 3 nitrogen and oxygen atoms in total. The van der Waals surface area contributed by atoms with Crippen molar-refractivity contribution < 1.29 is 12.8 Å². The lowest BCUT2D eigenvalue weighted by Crippen LogP contribution is -2.25. The summed E-state index contributed by atoms with van der Waals surface area (Å²) in [6.45, 7) is 0.162. The lowest BCUT2D eigenvalue weighted by molar-refractivity contribution is 0.584. The van der Waals surface area contributed by atoms with E-state index in [0.29, 0.717) is 11.1 Å². The molecule has 0 spiro atoms. The van der Waals surface area contributed by atoms with Crippen LogP contribution >= 0.6 is 23.2 Å². The molecule has 7 heteroatoms. The van der Waals surface area contributed by atoms with Crippen molar-refractivity contribution in [3.8, 4) is 11.1 Å². The molecule has 0 radical (unpaired) electrons. The predicted octanol–water partition coefficient (Wildman–Crippen LogP) is 3.66. The van der Waals surface area contributed by atoms with Crippen LogP contribution in [0.25, 0.3) is 11.1 Å². The molecule has 0 bridgehead atoms. The highest BCUT2D eigenvalue weighted by Crippen LogP contribution is 2.29. The Bertz CT molecular complexity index is 733. The van der Waals surface area contributed by atoms with Crippen molar-refractivity contribution in [2.24, 2.45) is 0 Å². The molecule has 0 saturated heterocycles. The average Bonchev–Trinajstić information content (AvgIpc) is 2.45. The third-order valence-electron chi connectivity index (χ3n) is 2.79. The predicted molar refractivity (Wildman–Crippen MR) is 82.8 cm³/mol. The molecule has 0 unspecified atom stereocenters. The van der Waals surface area contributed by atoms with Crippen LogP contribution in [0.1, 0.15) is 0 Å². The first kappa shape index (κ1) is 16.2. The molecular formula is C14H12Cl2FNO2S. The summed E-state index contributed by atoms with van der Waals surface area (Å²) >= 11 is 11.4. The monoisotopic (exact) mass is 347 g/mol. The topological polar surface area (TPSA) is 46.2 Å². The third-order valence-corrected chi connectivity index (χ3v) is 4.77. The van der Waals surface area contributed by atoms with E-state index in [1.165, 1.54) is 24.3 Å². The van der Waals surface area contributed by atoms with Crippen molar-refractivity contribution in [2.45, 2.75) is 4.90 Å². The van der Waals surface area contributed by atoms with Crippen molar-refractivity contribution in [1.29, 1.82) is 0 Å². The number of alkyl halides is 1. The van der Waals surface area contributed by atoms with Gasteiger partial charge in [-0.3, -0.25) is 0 Å². The molecule has 0 amide bonds. The number of halogens is 3. The van der Waals surface area contributed by atoms with Gasteiger partial charge in [-0.05, 0) is 35.9 Å². The summed E-state index contributed by atoms with van der Waals surface area (Å²) in [7, 11) is -3.57. The third kappa shape index (κ3) is 3.95. The van der Waals surface area contributed by atoms with E-state index in [1.54, 1.807) is 18.2 Å². The van der Waals surface area contributed by atoms with Crippen molar-refractivity contribution >= 4 is 33.2 Å². The van der Waals surface area contributed by atoms with Crippen molar-refractivity contribution in [2.75, 3.05) is 12.4 Å². The summed E-state index contributed by atoms with van der Waals surface area (Å²) in [4.78, 5) is 0.134. The molecule has 2 aromatic carbocycles. The van der Waals surface area contributed by atoms with Gasteiger partial charge >= 0.3 is 0 Å². The Kier molecular flexibility index (Phi) is 5.22. The highest BCUT2D eigenvalue weighted by atomic mass is 35.5. The Balaban J connectivity index is 2.31. The molecule has 0 heterocycles. The van der Waals surface area contributed by atoms with Gasteiger partial charge in [0, 0.05) is 18.0 Å². The van der Waals surface area contributed by atoms with E-state index < -0.39 is 15.8 Å². The zero-order valence-electron chi connectivity index (χ0n) is 10.8. The van der Waals surface area contributed by atoms with Gasteiger partial charge in [-0.2, -0.15) is 0 Å². The van der Waals surface area contributed by atoms with Crippen LogP contribution in [0.3, 0.4) is 0 Å². The number of hydrogen-bond donors (Lipinski definition) is 1. The molecule has 0 atom stereocenters. The van der Waals surface area contributed by atoms with Gasteiger partial charge in [0.1, 0.15) is 5.82 Å². The first-order chi connectivity index (χ1) is 9.94. The van der Waals surface area contributed by atoms with Crippen LogP contribution < -0.4 is 4.72 Å². The van der Waals surface area contributed by atoms with Crippen LogP contribution in [0.2, 0.25) is 5.02 Å². The number of nitrogens with one attached hydrogen (secondary N) is 1. The molecule has 0 saturated carbocycles.